The largest absolute Gasteiger partial charge is 0.382 e. The molecule has 21 heavy (non-hydrogen) atoms. The molecule has 0 radical (unpaired) electrons. The quantitative estimate of drug-likeness (QED) is 0.905. The minimum Gasteiger partial charge on any atom is -0.382 e. The second-order valence-corrected chi connectivity index (χ2v) is 6.67. The summed E-state index contributed by atoms with van der Waals surface area (Å²) in [5, 5.41) is 3.68. The number of imidazole rings is 1. The van der Waals surface area contributed by atoms with E-state index in [1.807, 2.05) is 6.92 Å². The zero-order chi connectivity index (χ0) is 14.8. The minimum atomic E-state index is 0.592. The Labute approximate surface area is 126 Å². The number of aromatic amines is 1. The average Bonchev–Trinajstić information content (AvgIpc) is 2.80. The predicted octanol–water partition coefficient (Wildman–Crippen LogP) is 3.40. The molecule has 1 aliphatic rings. The number of benzene rings is 1. The van der Waals surface area contributed by atoms with Gasteiger partial charge >= 0.3 is 0 Å². The molecule has 2 heterocycles. The number of piperidine rings is 1. The van der Waals surface area contributed by atoms with Crippen LogP contribution in [0.15, 0.2) is 18.2 Å². The lowest BCUT2D eigenvalue weighted by Gasteiger charge is -2.33. The number of nitrogens with zero attached hydrogens (tertiary/aromatic N) is 2. The Kier molecular flexibility index (Phi) is 4.15. The number of H-pyrrole nitrogens is 1. The van der Waals surface area contributed by atoms with E-state index in [2.05, 4.69) is 52.2 Å². The smallest absolute Gasteiger partial charge is 0.104 e. The van der Waals surface area contributed by atoms with Crippen molar-refractivity contribution in [2.75, 3.05) is 25.0 Å². The minimum absolute atomic E-state index is 0.592. The number of anilines is 1. The molecule has 0 saturated carbocycles. The van der Waals surface area contributed by atoms with Gasteiger partial charge in [0.2, 0.25) is 0 Å². The van der Waals surface area contributed by atoms with Crippen molar-refractivity contribution in [2.24, 2.45) is 5.92 Å². The Bertz CT molecular complexity index is 594. The maximum absolute atomic E-state index is 4.45. The maximum atomic E-state index is 4.45. The van der Waals surface area contributed by atoms with Crippen LogP contribution in [0.5, 0.6) is 0 Å². The van der Waals surface area contributed by atoms with Crippen LogP contribution in [0.25, 0.3) is 11.0 Å². The summed E-state index contributed by atoms with van der Waals surface area (Å²) in [7, 11) is 0. The van der Waals surface area contributed by atoms with Crippen LogP contribution in [0.1, 0.15) is 32.5 Å². The molecule has 2 aromatic rings. The van der Waals surface area contributed by atoms with Gasteiger partial charge in [-0.05, 0) is 43.9 Å². The predicted molar refractivity (Wildman–Crippen MR) is 88.8 cm³/mol. The molecule has 4 heteroatoms. The number of aromatic nitrogens is 2. The van der Waals surface area contributed by atoms with Gasteiger partial charge in [0, 0.05) is 31.4 Å². The van der Waals surface area contributed by atoms with Crippen molar-refractivity contribution in [3.8, 4) is 0 Å². The third-order valence-electron chi connectivity index (χ3n) is 4.18. The number of nitrogens with one attached hydrogen (secondary N) is 2. The molecule has 1 aromatic carbocycles. The van der Waals surface area contributed by atoms with Gasteiger partial charge in [-0.1, -0.05) is 13.8 Å². The molecule has 1 fully saturated rings. The van der Waals surface area contributed by atoms with Crippen LogP contribution in [0.4, 0.5) is 5.69 Å². The third kappa shape index (κ3) is 3.56. The van der Waals surface area contributed by atoms with Gasteiger partial charge in [0.1, 0.15) is 5.82 Å². The summed E-state index contributed by atoms with van der Waals surface area (Å²) in [4.78, 5) is 10.3. The lowest BCUT2D eigenvalue weighted by molar-refractivity contribution is 0.198. The zero-order valence-electron chi connectivity index (χ0n) is 13.3. The Morgan fingerprint density at radius 1 is 1.33 bits per heavy atom. The molecule has 0 unspecified atom stereocenters. The maximum Gasteiger partial charge on any atom is 0.104 e. The molecule has 3 rings (SSSR count). The summed E-state index contributed by atoms with van der Waals surface area (Å²) in [5.41, 5.74) is 3.37. The summed E-state index contributed by atoms with van der Waals surface area (Å²) in [6.45, 7) is 10.2. The number of hydrogen-bond donors (Lipinski definition) is 2. The number of likely N-dealkylation sites (tertiary alicyclic amines) is 1. The van der Waals surface area contributed by atoms with Gasteiger partial charge in [-0.25, -0.2) is 4.98 Å². The molecule has 1 aromatic heterocycles. The van der Waals surface area contributed by atoms with E-state index in [0.717, 1.165) is 22.8 Å². The Hall–Kier alpha value is -1.55. The van der Waals surface area contributed by atoms with Crippen molar-refractivity contribution in [1.82, 2.24) is 14.9 Å². The fourth-order valence-corrected chi connectivity index (χ4v) is 3.24. The summed E-state index contributed by atoms with van der Waals surface area (Å²) < 4.78 is 0. The fraction of sp³-hybridized carbons (Fsp3) is 0.588. The lowest BCUT2D eigenvalue weighted by atomic mass is 10.0. The number of hydrogen-bond acceptors (Lipinski definition) is 3. The molecule has 2 N–H and O–H groups in total. The molecule has 0 amide bonds. The van der Waals surface area contributed by atoms with E-state index >= 15 is 0 Å². The molecule has 0 atom stereocenters. The van der Waals surface area contributed by atoms with Gasteiger partial charge in [-0.3, -0.25) is 0 Å². The van der Waals surface area contributed by atoms with E-state index in [0.29, 0.717) is 6.04 Å². The van der Waals surface area contributed by atoms with Crippen molar-refractivity contribution in [2.45, 2.75) is 39.7 Å². The number of fused-ring (bicyclic) bond motifs is 1. The van der Waals surface area contributed by atoms with Crippen LogP contribution in [-0.2, 0) is 0 Å². The highest BCUT2D eigenvalue weighted by Gasteiger charge is 2.19. The van der Waals surface area contributed by atoms with Crippen LogP contribution in [0.2, 0.25) is 0 Å². The highest BCUT2D eigenvalue weighted by molar-refractivity contribution is 5.79. The second kappa shape index (κ2) is 6.06. The normalized spacial score (nSPS) is 17.7. The molecule has 114 valence electrons. The first-order valence-corrected chi connectivity index (χ1v) is 8.05. The van der Waals surface area contributed by atoms with Crippen LogP contribution in [0, 0.1) is 12.8 Å². The highest BCUT2D eigenvalue weighted by atomic mass is 15.1. The standard InChI is InChI=1S/C17H26N4/c1-12(2)11-21-8-6-14(7-9-21)20-15-4-5-16-17(10-15)19-13(3)18-16/h4-5,10,12,14,20H,6-9,11H2,1-3H3,(H,18,19). The van der Waals surface area contributed by atoms with E-state index in [4.69, 9.17) is 0 Å². The third-order valence-corrected chi connectivity index (χ3v) is 4.18. The Morgan fingerprint density at radius 2 is 2.10 bits per heavy atom. The van der Waals surface area contributed by atoms with E-state index in [-0.39, 0.29) is 0 Å². The first kappa shape index (κ1) is 14.4. The summed E-state index contributed by atoms with van der Waals surface area (Å²) in [6, 6.07) is 7.00. The summed E-state index contributed by atoms with van der Waals surface area (Å²) >= 11 is 0. The second-order valence-electron chi connectivity index (χ2n) is 6.67. The van der Waals surface area contributed by atoms with E-state index < -0.39 is 0 Å². The first-order chi connectivity index (χ1) is 10.1. The van der Waals surface area contributed by atoms with Crippen LogP contribution < -0.4 is 5.32 Å². The molecular weight excluding hydrogens is 260 g/mol. The van der Waals surface area contributed by atoms with Gasteiger partial charge in [0.25, 0.3) is 0 Å². The molecular formula is C17H26N4. The van der Waals surface area contributed by atoms with Gasteiger partial charge < -0.3 is 15.2 Å². The monoisotopic (exact) mass is 286 g/mol. The Balaban J connectivity index is 1.59. The van der Waals surface area contributed by atoms with Gasteiger partial charge in [0.15, 0.2) is 0 Å². The van der Waals surface area contributed by atoms with Gasteiger partial charge in [0.05, 0.1) is 11.0 Å². The zero-order valence-corrected chi connectivity index (χ0v) is 13.3. The molecule has 0 aliphatic carbocycles. The molecule has 0 spiro atoms. The fourth-order valence-electron chi connectivity index (χ4n) is 3.24. The molecule has 1 saturated heterocycles. The van der Waals surface area contributed by atoms with Crippen molar-refractivity contribution >= 4 is 16.7 Å². The van der Waals surface area contributed by atoms with Crippen LogP contribution in [0.3, 0.4) is 0 Å². The molecule has 4 nitrogen and oxygen atoms in total. The highest BCUT2D eigenvalue weighted by Crippen LogP contribution is 2.21. The summed E-state index contributed by atoms with van der Waals surface area (Å²) in [5.74, 6) is 1.74. The van der Waals surface area contributed by atoms with Gasteiger partial charge in [-0.2, -0.15) is 0 Å². The molecule has 0 bridgehead atoms. The van der Waals surface area contributed by atoms with Crippen molar-refractivity contribution in [3.05, 3.63) is 24.0 Å². The summed E-state index contributed by atoms with van der Waals surface area (Å²) in [6.07, 6.45) is 2.46. The van der Waals surface area contributed by atoms with Crippen molar-refractivity contribution < 1.29 is 0 Å². The number of aryl methyl sites for hydroxylation is 1. The van der Waals surface area contributed by atoms with E-state index in [1.54, 1.807) is 0 Å². The lowest BCUT2D eigenvalue weighted by Crippen LogP contribution is -2.40. The van der Waals surface area contributed by atoms with Crippen LogP contribution >= 0.6 is 0 Å². The topological polar surface area (TPSA) is 44.0 Å². The average molecular weight is 286 g/mol. The van der Waals surface area contributed by atoms with E-state index in [9.17, 15) is 0 Å². The van der Waals surface area contributed by atoms with Gasteiger partial charge in [-0.15, -0.1) is 0 Å². The SMILES string of the molecule is Cc1nc2ccc(NC3CCN(CC(C)C)CC3)cc2[nH]1. The van der Waals surface area contributed by atoms with Crippen molar-refractivity contribution in [1.29, 1.82) is 0 Å². The molecule has 1 aliphatic heterocycles. The first-order valence-electron chi connectivity index (χ1n) is 8.05. The van der Waals surface area contributed by atoms with Crippen molar-refractivity contribution in [3.63, 3.8) is 0 Å². The van der Waals surface area contributed by atoms with E-state index in [1.165, 1.54) is 38.2 Å². The Morgan fingerprint density at radius 3 is 2.81 bits per heavy atom. The number of rotatable bonds is 4. The van der Waals surface area contributed by atoms with Crippen LogP contribution in [-0.4, -0.2) is 40.5 Å².